The van der Waals surface area contributed by atoms with E-state index >= 15 is 50.5 Å². The van der Waals surface area contributed by atoms with Gasteiger partial charge in [-0.1, -0.05) is 106 Å². The van der Waals surface area contributed by atoms with Crippen molar-refractivity contribution >= 4 is 59.4 Å². The van der Waals surface area contributed by atoms with Crippen molar-refractivity contribution in [1.29, 1.82) is 0 Å². The Morgan fingerprint density at radius 2 is 0.436 bits per heavy atom. The monoisotopic (exact) mass is 1180 g/mol. The second kappa shape index (κ2) is 23.9. The summed E-state index contributed by atoms with van der Waals surface area (Å²) in [4.78, 5) is -5.90. The number of sulfonamides is 2. The van der Waals surface area contributed by atoms with Crippen molar-refractivity contribution in [3.05, 3.63) is 179 Å². The Morgan fingerprint density at radius 3 is 0.628 bits per heavy atom. The first-order chi connectivity index (χ1) is 36.7. The van der Waals surface area contributed by atoms with E-state index in [4.69, 9.17) is 0 Å². The second-order valence-electron chi connectivity index (χ2n) is 19.2. The zero-order chi connectivity index (χ0) is 57.0. The number of rotatable bonds is 12. The smallest absolute Gasteiger partial charge is 0.296 e. The summed E-state index contributed by atoms with van der Waals surface area (Å²) in [5.41, 5.74) is 2.56. The van der Waals surface area contributed by atoms with E-state index in [0.29, 0.717) is 46.5 Å². The van der Waals surface area contributed by atoms with Crippen molar-refractivity contribution in [2.45, 2.75) is 79.3 Å². The van der Waals surface area contributed by atoms with E-state index < -0.39 is 123 Å². The summed E-state index contributed by atoms with van der Waals surface area (Å²) >= 11 is 0. The van der Waals surface area contributed by atoms with E-state index in [9.17, 15) is 0 Å². The SMILES string of the molecule is Cc1ccc(S(=O)(=O)N2CCNCCNCCNCCNCCN(S(=O)(=O)c3ccc(C)cc3)C(S(=O)(=O)c3ccc(C)cc3)(S(=O)(=O)c3ccc(C)cc3)C2(S(=O)(=O)c2ccc(C)cc2)S(=O)(=O)c2ccc(C)cc2)cc1. The maximum atomic E-state index is 17.6. The van der Waals surface area contributed by atoms with Gasteiger partial charge in [0.05, 0.1) is 29.4 Å². The molecule has 4 N–H and O–H groups in total. The Balaban J connectivity index is 1.95. The van der Waals surface area contributed by atoms with Crippen LogP contribution >= 0.6 is 0 Å². The minimum Gasteiger partial charge on any atom is -0.314 e. The fourth-order valence-corrected chi connectivity index (χ4v) is 27.5. The molecule has 18 nitrogen and oxygen atoms in total. The molecular formula is C54H66N6O12S6. The molecule has 0 saturated carbocycles. The van der Waals surface area contributed by atoms with Crippen LogP contribution in [0.5, 0.6) is 0 Å². The number of hydrogen-bond donors (Lipinski definition) is 4. The number of benzene rings is 6. The van der Waals surface area contributed by atoms with Crippen molar-refractivity contribution in [3.8, 4) is 0 Å². The molecule has 0 aromatic heterocycles. The highest BCUT2D eigenvalue weighted by Gasteiger charge is 2.87. The van der Waals surface area contributed by atoms with E-state index in [2.05, 4.69) is 21.3 Å². The van der Waals surface area contributed by atoms with Gasteiger partial charge >= 0.3 is 0 Å². The number of sulfone groups is 4. The minimum atomic E-state index is -6.70. The van der Waals surface area contributed by atoms with Crippen LogP contribution in [0.1, 0.15) is 33.4 Å². The molecule has 0 unspecified atom stereocenters. The summed E-state index contributed by atoms with van der Waals surface area (Å²) in [7, 11) is -38.7. The van der Waals surface area contributed by atoms with Crippen LogP contribution in [0.2, 0.25) is 0 Å². The van der Waals surface area contributed by atoms with Gasteiger partial charge < -0.3 is 21.3 Å². The second-order valence-corrected chi connectivity index (χ2v) is 31.7. The minimum absolute atomic E-state index is 0.0325. The van der Waals surface area contributed by atoms with Gasteiger partial charge in [0.15, 0.2) is 0 Å². The van der Waals surface area contributed by atoms with E-state index in [1.54, 1.807) is 41.5 Å². The van der Waals surface area contributed by atoms with E-state index in [1.807, 2.05) is 0 Å². The first-order valence-electron chi connectivity index (χ1n) is 25.0. The van der Waals surface area contributed by atoms with E-state index in [0.717, 1.165) is 72.8 Å². The Hall–Kier alpha value is -5.22. The predicted octanol–water partition coefficient (Wildman–Crippen LogP) is 4.79. The van der Waals surface area contributed by atoms with Crippen LogP contribution in [0, 0.1) is 41.5 Å². The lowest BCUT2D eigenvalue weighted by Crippen LogP contribution is -2.83. The van der Waals surface area contributed by atoms with E-state index in [-0.39, 0.29) is 34.8 Å². The van der Waals surface area contributed by atoms with Gasteiger partial charge in [-0.2, -0.15) is 8.61 Å². The molecule has 78 heavy (non-hydrogen) atoms. The summed E-state index contributed by atoms with van der Waals surface area (Å²) < 4.78 is 197. The lowest BCUT2D eigenvalue weighted by molar-refractivity contribution is 0.221. The lowest BCUT2D eigenvalue weighted by Gasteiger charge is -2.54. The molecule has 0 amide bonds. The molecule has 6 aromatic carbocycles. The van der Waals surface area contributed by atoms with Gasteiger partial charge in [0, 0.05) is 65.4 Å². The molecule has 7 rings (SSSR count). The topological polar surface area (TPSA) is 259 Å². The highest BCUT2D eigenvalue weighted by Crippen LogP contribution is 2.59. The molecule has 0 atom stereocenters. The molecule has 0 bridgehead atoms. The maximum absolute atomic E-state index is 17.6. The molecule has 0 spiro atoms. The molecule has 24 heteroatoms. The zero-order valence-electron chi connectivity index (χ0n) is 44.2. The molecule has 0 aliphatic carbocycles. The highest BCUT2D eigenvalue weighted by atomic mass is 32.3. The van der Waals surface area contributed by atoms with Crippen molar-refractivity contribution in [1.82, 2.24) is 29.9 Å². The standard InChI is InChI=1S/C54H66N6O12S6/c1-41-7-19-47(20-8-41)73(61,62)53(74(63,64)48-21-9-42(2)10-22-48)54(75(65,66)49-23-11-43(3)12-24-49,76(67,68)50-25-13-44(4)14-26-50)60(78(71,72)52-29-17-46(6)18-30-52)40-38-58-36-34-56-32-31-55-33-35-57-37-39-59(53)77(69,70)51-27-15-45(5)16-28-51/h7-30,55-58H,31-40H2,1-6H3. The quantitative estimate of drug-likeness (QED) is 0.128. The number of nitrogens with one attached hydrogen (secondary N) is 4. The van der Waals surface area contributed by atoms with Crippen LogP contribution in [0.4, 0.5) is 0 Å². The van der Waals surface area contributed by atoms with Crippen LogP contribution in [-0.2, 0) is 59.4 Å². The van der Waals surface area contributed by atoms with Crippen molar-refractivity contribution < 1.29 is 50.5 Å². The fraction of sp³-hybridized carbons (Fsp3) is 0.333. The number of hydrogen-bond acceptors (Lipinski definition) is 16. The third-order valence-electron chi connectivity index (χ3n) is 13.5. The van der Waals surface area contributed by atoms with Crippen LogP contribution in [0.15, 0.2) is 175 Å². The third kappa shape index (κ3) is 11.0. The average molecular weight is 1180 g/mol. The summed E-state index contributed by atoms with van der Waals surface area (Å²) in [6.45, 7) is 6.95. The summed E-state index contributed by atoms with van der Waals surface area (Å²) in [5.74, 6) is 0. The fourth-order valence-electron chi connectivity index (χ4n) is 9.25. The van der Waals surface area contributed by atoms with Crippen LogP contribution in [0.25, 0.3) is 0 Å². The maximum Gasteiger partial charge on any atom is 0.296 e. The van der Waals surface area contributed by atoms with Crippen LogP contribution in [0.3, 0.4) is 0 Å². The summed E-state index contributed by atoms with van der Waals surface area (Å²) in [6.07, 6.45) is 0. The van der Waals surface area contributed by atoms with Gasteiger partial charge in [0.25, 0.3) is 8.41 Å². The Labute approximate surface area is 460 Å². The summed E-state index contributed by atoms with van der Waals surface area (Å²) in [5, 5.41) is 12.5. The van der Waals surface area contributed by atoms with Gasteiger partial charge in [0.1, 0.15) is 0 Å². The van der Waals surface area contributed by atoms with Crippen molar-refractivity contribution in [2.75, 3.05) is 65.4 Å². The summed E-state index contributed by atoms with van der Waals surface area (Å²) in [6, 6.07) is 26.6. The molecule has 1 heterocycles. The van der Waals surface area contributed by atoms with Crippen molar-refractivity contribution in [2.24, 2.45) is 0 Å². The Kier molecular flexibility index (Phi) is 18.5. The first-order valence-corrected chi connectivity index (χ1v) is 33.8. The normalized spacial score (nSPS) is 17.6. The first kappa shape index (κ1) is 60.4. The van der Waals surface area contributed by atoms with Crippen LogP contribution in [-0.4, -0.2) is 133 Å². The number of aryl methyl sites for hydroxylation is 6. The average Bonchev–Trinajstić information content (AvgIpc) is 3.30. The number of nitrogens with zero attached hydrogens (tertiary/aromatic N) is 2. The molecule has 1 fully saturated rings. The Morgan fingerprint density at radius 1 is 0.269 bits per heavy atom. The largest absolute Gasteiger partial charge is 0.314 e. The molecule has 0 radical (unpaired) electrons. The zero-order valence-corrected chi connectivity index (χ0v) is 49.1. The molecule has 1 aliphatic rings. The molecule has 1 saturated heterocycles. The molecule has 420 valence electrons. The highest BCUT2D eigenvalue weighted by molar-refractivity contribution is 8.18. The lowest BCUT2D eigenvalue weighted by atomic mass is 10.2. The molecule has 1 aliphatic heterocycles. The van der Waals surface area contributed by atoms with Gasteiger partial charge in [-0.3, -0.25) is 0 Å². The van der Waals surface area contributed by atoms with Crippen molar-refractivity contribution in [3.63, 3.8) is 0 Å². The van der Waals surface area contributed by atoms with Gasteiger partial charge in [-0.25, -0.2) is 50.5 Å². The third-order valence-corrected chi connectivity index (χ3v) is 29.4. The van der Waals surface area contributed by atoms with E-state index in [1.165, 1.54) is 72.8 Å². The van der Waals surface area contributed by atoms with Gasteiger partial charge in [-0.15, -0.1) is 0 Å². The molecule has 6 aromatic rings. The molecular weight excluding hydrogens is 1120 g/mol. The Bertz CT molecular complexity index is 3370. The predicted molar refractivity (Wildman–Crippen MR) is 301 cm³/mol. The van der Waals surface area contributed by atoms with Gasteiger partial charge in [-0.05, 0) is 114 Å². The van der Waals surface area contributed by atoms with Crippen LogP contribution < -0.4 is 21.3 Å². The van der Waals surface area contributed by atoms with Gasteiger partial charge in [0.2, 0.25) is 59.4 Å².